The van der Waals surface area contributed by atoms with Crippen LogP contribution in [-0.4, -0.2) is 50.9 Å². The van der Waals surface area contributed by atoms with Gasteiger partial charge in [0.05, 0.1) is 0 Å². The maximum absolute atomic E-state index is 5.68. The Morgan fingerprint density at radius 2 is 2.00 bits per heavy atom. The maximum Gasteiger partial charge on any atom is 0.182 e. The summed E-state index contributed by atoms with van der Waals surface area (Å²) in [5.41, 5.74) is 0.587. The summed E-state index contributed by atoms with van der Waals surface area (Å²) in [6.07, 6.45) is 1.30. The van der Waals surface area contributed by atoms with Crippen LogP contribution in [0.1, 0.15) is 6.42 Å². The summed E-state index contributed by atoms with van der Waals surface area (Å²) in [4.78, 5) is 4.31. The average molecular weight is 136 g/mol. The van der Waals surface area contributed by atoms with E-state index in [2.05, 4.69) is 11.9 Å². The Morgan fingerprint density at radius 3 is 2.40 bits per heavy atom. The van der Waals surface area contributed by atoms with Crippen molar-refractivity contribution in [2.24, 2.45) is 5.41 Å². The molecular formula is C7H13BN2. The molecule has 3 heteroatoms. The van der Waals surface area contributed by atoms with Gasteiger partial charge < -0.3 is 9.71 Å². The molecule has 2 radical (unpaired) electrons. The van der Waals surface area contributed by atoms with Crippen LogP contribution >= 0.6 is 0 Å². The fourth-order valence-corrected chi connectivity index (χ4v) is 2.33. The molecule has 2 aliphatic rings. The lowest BCUT2D eigenvalue weighted by atomic mass is 9.79. The molecule has 0 atom stereocenters. The first-order chi connectivity index (χ1) is 4.70. The lowest BCUT2D eigenvalue weighted by Gasteiger charge is -2.46. The SMILES string of the molecule is [B]N1CCC2(C1)CN(C)C2. The highest BCUT2D eigenvalue weighted by Crippen LogP contribution is 2.37. The molecule has 0 aromatic rings. The fraction of sp³-hybridized carbons (Fsp3) is 1.00. The van der Waals surface area contributed by atoms with Gasteiger partial charge in [0.25, 0.3) is 0 Å². The normalized spacial score (nSPS) is 32.9. The minimum absolute atomic E-state index is 0.587. The zero-order valence-corrected chi connectivity index (χ0v) is 6.51. The zero-order valence-electron chi connectivity index (χ0n) is 6.51. The van der Waals surface area contributed by atoms with Crippen molar-refractivity contribution in [1.82, 2.24) is 9.71 Å². The van der Waals surface area contributed by atoms with Gasteiger partial charge in [0.2, 0.25) is 0 Å². The predicted molar refractivity (Wildman–Crippen MR) is 41.9 cm³/mol. The standard InChI is InChI=1S/C7H13BN2/c1-9-4-7(5-9)2-3-10(8)6-7/h2-6H2,1H3. The lowest BCUT2D eigenvalue weighted by Crippen LogP contribution is -2.55. The molecule has 2 fully saturated rings. The molecule has 0 aromatic carbocycles. The van der Waals surface area contributed by atoms with Crippen LogP contribution in [0.25, 0.3) is 0 Å². The zero-order chi connectivity index (χ0) is 7.19. The van der Waals surface area contributed by atoms with Crippen molar-refractivity contribution in [2.45, 2.75) is 6.42 Å². The third-order valence-electron chi connectivity index (χ3n) is 2.68. The third-order valence-corrected chi connectivity index (χ3v) is 2.68. The Hall–Kier alpha value is -0.0151. The summed E-state index contributed by atoms with van der Waals surface area (Å²) in [5.74, 6) is 0. The monoisotopic (exact) mass is 136 g/mol. The predicted octanol–water partition coefficient (Wildman–Crippen LogP) is -0.293. The van der Waals surface area contributed by atoms with E-state index in [9.17, 15) is 0 Å². The van der Waals surface area contributed by atoms with Gasteiger partial charge in [-0.3, -0.25) is 0 Å². The van der Waals surface area contributed by atoms with Crippen molar-refractivity contribution < 1.29 is 0 Å². The van der Waals surface area contributed by atoms with Crippen LogP contribution in [0.3, 0.4) is 0 Å². The van der Waals surface area contributed by atoms with E-state index >= 15 is 0 Å². The minimum Gasteiger partial charge on any atom is -0.353 e. The first-order valence-electron chi connectivity index (χ1n) is 3.88. The van der Waals surface area contributed by atoms with Crippen LogP contribution in [0.15, 0.2) is 0 Å². The Bertz CT molecular complexity index is 137. The summed E-state index contributed by atoms with van der Waals surface area (Å²) in [7, 11) is 7.85. The van der Waals surface area contributed by atoms with E-state index in [4.69, 9.17) is 7.98 Å². The van der Waals surface area contributed by atoms with Crippen molar-refractivity contribution in [2.75, 3.05) is 33.2 Å². The number of rotatable bonds is 0. The third kappa shape index (κ3) is 0.885. The summed E-state index contributed by atoms with van der Waals surface area (Å²) in [5, 5.41) is 0. The molecule has 2 heterocycles. The highest BCUT2D eigenvalue weighted by atomic mass is 15.2. The van der Waals surface area contributed by atoms with Crippen molar-refractivity contribution in [3.63, 3.8) is 0 Å². The molecular weight excluding hydrogens is 123 g/mol. The molecule has 0 saturated carbocycles. The summed E-state index contributed by atoms with van der Waals surface area (Å²) in [6.45, 7) is 4.70. The Balaban J connectivity index is 1.95. The molecule has 0 bridgehead atoms. The quantitative estimate of drug-likeness (QED) is 0.422. The summed E-state index contributed by atoms with van der Waals surface area (Å²) < 4.78 is 0. The second kappa shape index (κ2) is 1.99. The molecule has 0 amide bonds. The van der Waals surface area contributed by atoms with E-state index in [-0.39, 0.29) is 0 Å². The number of nitrogens with zero attached hydrogens (tertiary/aromatic N) is 2. The number of likely N-dealkylation sites (tertiary alicyclic amines) is 1. The van der Waals surface area contributed by atoms with E-state index in [1.165, 1.54) is 19.5 Å². The molecule has 2 nitrogen and oxygen atoms in total. The van der Waals surface area contributed by atoms with Crippen molar-refractivity contribution in [3.05, 3.63) is 0 Å². The molecule has 0 unspecified atom stereocenters. The van der Waals surface area contributed by atoms with Crippen LogP contribution in [-0.2, 0) is 0 Å². The van der Waals surface area contributed by atoms with Crippen molar-refractivity contribution in [3.8, 4) is 0 Å². The van der Waals surface area contributed by atoms with Gasteiger partial charge in [0.15, 0.2) is 7.98 Å². The van der Waals surface area contributed by atoms with Crippen LogP contribution in [0, 0.1) is 5.41 Å². The van der Waals surface area contributed by atoms with Gasteiger partial charge >= 0.3 is 0 Å². The number of hydrogen-bond donors (Lipinski definition) is 0. The topological polar surface area (TPSA) is 6.48 Å². The molecule has 0 N–H and O–H groups in total. The van der Waals surface area contributed by atoms with E-state index in [0.29, 0.717) is 5.41 Å². The largest absolute Gasteiger partial charge is 0.353 e. The summed E-state index contributed by atoms with van der Waals surface area (Å²) in [6, 6.07) is 0. The Morgan fingerprint density at radius 1 is 1.30 bits per heavy atom. The van der Waals surface area contributed by atoms with E-state index < -0.39 is 0 Å². The second-order valence-electron chi connectivity index (χ2n) is 3.89. The smallest absolute Gasteiger partial charge is 0.182 e. The molecule has 0 aliphatic carbocycles. The van der Waals surface area contributed by atoms with Gasteiger partial charge in [-0.15, -0.1) is 0 Å². The molecule has 2 saturated heterocycles. The molecule has 0 aromatic heterocycles. The van der Waals surface area contributed by atoms with E-state index in [0.717, 1.165) is 13.1 Å². The van der Waals surface area contributed by atoms with Gasteiger partial charge in [-0.25, -0.2) is 0 Å². The van der Waals surface area contributed by atoms with Crippen molar-refractivity contribution >= 4 is 7.98 Å². The maximum atomic E-state index is 5.68. The first kappa shape index (κ1) is 6.68. The summed E-state index contributed by atoms with van der Waals surface area (Å²) >= 11 is 0. The van der Waals surface area contributed by atoms with Crippen molar-refractivity contribution in [1.29, 1.82) is 0 Å². The highest BCUT2D eigenvalue weighted by molar-refractivity contribution is 6.04. The van der Waals surface area contributed by atoms with Gasteiger partial charge in [-0.1, -0.05) is 0 Å². The van der Waals surface area contributed by atoms with Gasteiger partial charge in [-0.05, 0) is 26.6 Å². The van der Waals surface area contributed by atoms with Crippen LogP contribution in [0.4, 0.5) is 0 Å². The second-order valence-corrected chi connectivity index (χ2v) is 3.89. The van der Waals surface area contributed by atoms with E-state index in [1.54, 1.807) is 0 Å². The number of hydrogen-bond acceptors (Lipinski definition) is 2. The molecule has 2 aliphatic heterocycles. The van der Waals surface area contributed by atoms with Crippen LogP contribution < -0.4 is 0 Å². The molecule has 54 valence electrons. The van der Waals surface area contributed by atoms with Gasteiger partial charge in [-0.2, -0.15) is 0 Å². The highest BCUT2D eigenvalue weighted by Gasteiger charge is 2.44. The minimum atomic E-state index is 0.587. The lowest BCUT2D eigenvalue weighted by molar-refractivity contribution is 0.0364. The van der Waals surface area contributed by atoms with Gasteiger partial charge in [0.1, 0.15) is 0 Å². The molecule has 1 spiro atoms. The Kier molecular flexibility index (Phi) is 1.33. The molecule has 10 heavy (non-hydrogen) atoms. The fourth-order valence-electron chi connectivity index (χ4n) is 2.33. The average Bonchev–Trinajstić information content (AvgIpc) is 2.10. The van der Waals surface area contributed by atoms with Gasteiger partial charge in [0, 0.05) is 18.5 Å². The Labute approximate surface area is 63.6 Å². The van der Waals surface area contributed by atoms with Crippen LogP contribution in [0.2, 0.25) is 0 Å². The van der Waals surface area contributed by atoms with Crippen LogP contribution in [0.5, 0.6) is 0 Å². The van der Waals surface area contributed by atoms with E-state index in [1.807, 2.05) is 4.81 Å². The molecule has 2 rings (SSSR count). The first-order valence-corrected chi connectivity index (χ1v) is 3.88.